The molecule has 1 fully saturated rings. The zero-order chi connectivity index (χ0) is 16.4. The number of nitrogens with zero attached hydrogens (tertiary/aromatic N) is 1. The summed E-state index contributed by atoms with van der Waals surface area (Å²) in [6, 6.07) is 2.23. The normalized spacial score (nSPS) is 21.2. The van der Waals surface area contributed by atoms with Crippen LogP contribution in [-0.2, 0) is 17.6 Å². The van der Waals surface area contributed by atoms with Gasteiger partial charge in [-0.05, 0) is 64.0 Å². The SMILES string of the molecule is CC(C)NC(=O)[C@H]1CCc2sc(C(=O)N3CCCCC3)cc2C1. The van der Waals surface area contributed by atoms with Gasteiger partial charge in [-0.2, -0.15) is 0 Å². The van der Waals surface area contributed by atoms with E-state index in [9.17, 15) is 9.59 Å². The average Bonchev–Trinajstić information content (AvgIpc) is 2.97. The van der Waals surface area contributed by atoms with Gasteiger partial charge in [0.2, 0.25) is 5.91 Å². The molecule has 2 aliphatic rings. The molecule has 5 heteroatoms. The van der Waals surface area contributed by atoms with E-state index < -0.39 is 0 Å². The molecular formula is C18H26N2O2S. The van der Waals surface area contributed by atoms with E-state index in [-0.39, 0.29) is 23.8 Å². The van der Waals surface area contributed by atoms with Gasteiger partial charge in [0, 0.05) is 29.9 Å². The average molecular weight is 334 g/mol. The third-order valence-electron chi connectivity index (χ3n) is 4.74. The van der Waals surface area contributed by atoms with Crippen LogP contribution in [0.2, 0.25) is 0 Å². The fourth-order valence-corrected chi connectivity index (χ4v) is 4.68. The van der Waals surface area contributed by atoms with Crippen LogP contribution in [0.3, 0.4) is 0 Å². The maximum absolute atomic E-state index is 12.6. The lowest BCUT2D eigenvalue weighted by Crippen LogP contribution is -2.37. The highest BCUT2D eigenvalue weighted by Gasteiger charge is 2.28. The number of hydrogen-bond acceptors (Lipinski definition) is 3. The molecule has 1 aromatic heterocycles. The summed E-state index contributed by atoms with van der Waals surface area (Å²) in [6.07, 6.45) is 6.06. The highest BCUT2D eigenvalue weighted by molar-refractivity contribution is 7.14. The van der Waals surface area contributed by atoms with Gasteiger partial charge in [0.1, 0.15) is 0 Å². The maximum atomic E-state index is 12.6. The third-order valence-corrected chi connectivity index (χ3v) is 5.96. The molecule has 1 aliphatic heterocycles. The van der Waals surface area contributed by atoms with E-state index in [4.69, 9.17) is 0 Å². The Morgan fingerprint density at radius 3 is 2.70 bits per heavy atom. The van der Waals surface area contributed by atoms with Crippen molar-refractivity contribution in [3.63, 3.8) is 0 Å². The standard InChI is InChI=1S/C18H26N2O2S/c1-12(2)19-17(21)13-6-7-15-14(10-13)11-16(23-15)18(22)20-8-4-3-5-9-20/h11-13H,3-10H2,1-2H3,(H,19,21)/t13-/m0/s1. The first kappa shape index (κ1) is 16.5. The van der Waals surface area contributed by atoms with Crippen molar-refractivity contribution < 1.29 is 9.59 Å². The third kappa shape index (κ3) is 3.77. The Morgan fingerprint density at radius 2 is 2.00 bits per heavy atom. The fraction of sp³-hybridized carbons (Fsp3) is 0.667. The van der Waals surface area contributed by atoms with Crippen molar-refractivity contribution in [1.82, 2.24) is 10.2 Å². The molecular weight excluding hydrogens is 308 g/mol. The zero-order valence-electron chi connectivity index (χ0n) is 14.1. The van der Waals surface area contributed by atoms with Crippen molar-refractivity contribution in [2.75, 3.05) is 13.1 Å². The van der Waals surface area contributed by atoms with Crippen LogP contribution in [0.1, 0.15) is 59.6 Å². The summed E-state index contributed by atoms with van der Waals surface area (Å²) in [5.74, 6) is 0.394. The summed E-state index contributed by atoms with van der Waals surface area (Å²) in [5, 5.41) is 3.01. The number of rotatable bonds is 3. The lowest BCUT2D eigenvalue weighted by Gasteiger charge is -2.26. The Balaban J connectivity index is 1.68. The highest BCUT2D eigenvalue weighted by Crippen LogP contribution is 2.33. The van der Waals surface area contributed by atoms with E-state index in [0.29, 0.717) is 0 Å². The lowest BCUT2D eigenvalue weighted by molar-refractivity contribution is -0.125. The molecule has 0 unspecified atom stereocenters. The molecule has 1 aromatic rings. The van der Waals surface area contributed by atoms with Crippen LogP contribution in [0.5, 0.6) is 0 Å². The van der Waals surface area contributed by atoms with Crippen LogP contribution in [0.15, 0.2) is 6.07 Å². The molecule has 2 amide bonds. The van der Waals surface area contributed by atoms with Gasteiger partial charge in [-0.25, -0.2) is 0 Å². The molecule has 0 bridgehead atoms. The number of thiophene rings is 1. The number of carbonyl (C=O) groups excluding carboxylic acids is 2. The lowest BCUT2D eigenvalue weighted by atomic mass is 9.87. The quantitative estimate of drug-likeness (QED) is 0.924. The number of carbonyl (C=O) groups is 2. The van der Waals surface area contributed by atoms with Crippen molar-refractivity contribution in [3.8, 4) is 0 Å². The van der Waals surface area contributed by atoms with E-state index in [0.717, 1.165) is 50.1 Å². The molecule has 1 atom stereocenters. The molecule has 1 saturated heterocycles. The molecule has 0 saturated carbocycles. The van der Waals surface area contributed by atoms with Crippen molar-refractivity contribution in [2.24, 2.45) is 5.92 Å². The molecule has 2 heterocycles. The number of nitrogens with one attached hydrogen (secondary N) is 1. The summed E-state index contributed by atoms with van der Waals surface area (Å²) in [4.78, 5) is 29.0. The Bertz CT molecular complexity index is 588. The van der Waals surface area contributed by atoms with Gasteiger partial charge in [-0.3, -0.25) is 9.59 Å². The predicted molar refractivity (Wildman–Crippen MR) is 92.9 cm³/mol. The van der Waals surface area contributed by atoms with Crippen LogP contribution in [0.4, 0.5) is 0 Å². The molecule has 1 aliphatic carbocycles. The largest absolute Gasteiger partial charge is 0.354 e. The molecule has 0 radical (unpaired) electrons. The number of aryl methyl sites for hydroxylation is 1. The monoisotopic (exact) mass is 334 g/mol. The molecule has 4 nitrogen and oxygen atoms in total. The smallest absolute Gasteiger partial charge is 0.263 e. The minimum absolute atomic E-state index is 0.0532. The fourth-order valence-electron chi connectivity index (χ4n) is 3.51. The van der Waals surface area contributed by atoms with Crippen molar-refractivity contribution in [2.45, 2.75) is 58.4 Å². The van der Waals surface area contributed by atoms with Gasteiger partial charge in [-0.15, -0.1) is 11.3 Å². The van der Waals surface area contributed by atoms with Gasteiger partial charge in [0.05, 0.1) is 4.88 Å². The van der Waals surface area contributed by atoms with E-state index in [1.807, 2.05) is 24.8 Å². The van der Waals surface area contributed by atoms with Crippen LogP contribution in [0.25, 0.3) is 0 Å². The minimum Gasteiger partial charge on any atom is -0.354 e. The Labute approximate surface area is 142 Å². The highest BCUT2D eigenvalue weighted by atomic mass is 32.1. The number of amides is 2. The van der Waals surface area contributed by atoms with Crippen molar-refractivity contribution in [3.05, 3.63) is 21.4 Å². The summed E-state index contributed by atoms with van der Waals surface area (Å²) in [7, 11) is 0. The Kier molecular flexibility index (Phi) is 5.05. The molecule has 126 valence electrons. The maximum Gasteiger partial charge on any atom is 0.263 e. The second-order valence-electron chi connectivity index (χ2n) is 7.01. The minimum atomic E-state index is 0.0532. The Hall–Kier alpha value is -1.36. The first-order valence-corrected chi connectivity index (χ1v) is 9.57. The molecule has 0 spiro atoms. The molecule has 23 heavy (non-hydrogen) atoms. The van der Waals surface area contributed by atoms with Crippen LogP contribution in [-0.4, -0.2) is 35.8 Å². The van der Waals surface area contributed by atoms with E-state index >= 15 is 0 Å². The first-order valence-electron chi connectivity index (χ1n) is 8.76. The van der Waals surface area contributed by atoms with Crippen LogP contribution in [0, 0.1) is 5.92 Å². The summed E-state index contributed by atoms with van der Waals surface area (Å²) < 4.78 is 0. The van der Waals surface area contributed by atoms with Crippen LogP contribution >= 0.6 is 11.3 Å². The zero-order valence-corrected chi connectivity index (χ0v) is 14.9. The summed E-state index contributed by atoms with van der Waals surface area (Å²) in [5.41, 5.74) is 1.21. The van der Waals surface area contributed by atoms with Gasteiger partial charge in [0.15, 0.2) is 0 Å². The number of piperidine rings is 1. The predicted octanol–water partition coefficient (Wildman–Crippen LogP) is 3.00. The van der Waals surface area contributed by atoms with E-state index in [1.54, 1.807) is 11.3 Å². The summed E-state index contributed by atoms with van der Waals surface area (Å²) >= 11 is 1.64. The molecule has 0 aromatic carbocycles. The van der Waals surface area contributed by atoms with Crippen LogP contribution < -0.4 is 5.32 Å². The molecule has 3 rings (SSSR count). The number of hydrogen-bond donors (Lipinski definition) is 1. The van der Waals surface area contributed by atoms with E-state index in [1.165, 1.54) is 16.9 Å². The van der Waals surface area contributed by atoms with E-state index in [2.05, 4.69) is 5.32 Å². The van der Waals surface area contributed by atoms with Crippen molar-refractivity contribution in [1.29, 1.82) is 0 Å². The van der Waals surface area contributed by atoms with Gasteiger partial charge < -0.3 is 10.2 Å². The van der Waals surface area contributed by atoms with Gasteiger partial charge in [-0.1, -0.05) is 0 Å². The van der Waals surface area contributed by atoms with Gasteiger partial charge in [0.25, 0.3) is 5.91 Å². The number of fused-ring (bicyclic) bond motifs is 1. The van der Waals surface area contributed by atoms with Gasteiger partial charge >= 0.3 is 0 Å². The number of likely N-dealkylation sites (tertiary alicyclic amines) is 1. The second-order valence-corrected chi connectivity index (χ2v) is 8.15. The molecule has 1 N–H and O–H groups in total. The summed E-state index contributed by atoms with van der Waals surface area (Å²) in [6.45, 7) is 5.76. The Morgan fingerprint density at radius 1 is 1.26 bits per heavy atom. The topological polar surface area (TPSA) is 49.4 Å². The first-order chi connectivity index (χ1) is 11.0. The van der Waals surface area contributed by atoms with Crippen molar-refractivity contribution >= 4 is 23.2 Å². The second kappa shape index (κ2) is 7.04.